The maximum Gasteiger partial charge on any atom is 0.315 e. The lowest BCUT2D eigenvalue weighted by Gasteiger charge is -2.12. The van der Waals surface area contributed by atoms with Gasteiger partial charge in [-0.05, 0) is 6.92 Å². The number of hydrogen-bond donors (Lipinski definition) is 4. The molecule has 0 fully saturated rings. The van der Waals surface area contributed by atoms with Gasteiger partial charge in [-0.1, -0.05) is 0 Å². The van der Waals surface area contributed by atoms with Crippen LogP contribution in [0, 0.1) is 0 Å². The predicted molar refractivity (Wildman–Crippen MR) is 56.2 cm³/mol. The van der Waals surface area contributed by atoms with E-state index in [-0.39, 0.29) is 18.7 Å². The minimum Gasteiger partial charge on any atom is -0.481 e. The Kier molecular flexibility index (Phi) is 5.75. The quantitative estimate of drug-likeness (QED) is 0.453. The minimum absolute atomic E-state index is 0.121. The molecule has 0 aromatic carbocycles. The molecule has 0 bridgehead atoms. The number of carbonyl (C=O) groups excluding carboxylic acids is 1. The number of primary sulfonamides is 1. The highest BCUT2D eigenvalue weighted by atomic mass is 32.2. The maximum atomic E-state index is 11.1. The van der Waals surface area contributed by atoms with Crippen LogP contribution in [0.4, 0.5) is 4.79 Å². The molecule has 8 nitrogen and oxygen atoms in total. The number of carboxylic acid groups (broad SMARTS) is 1. The van der Waals surface area contributed by atoms with Gasteiger partial charge in [0.15, 0.2) is 0 Å². The van der Waals surface area contributed by atoms with Crippen molar-refractivity contribution in [3.63, 3.8) is 0 Å². The van der Waals surface area contributed by atoms with Gasteiger partial charge in [-0.15, -0.1) is 0 Å². The first-order valence-corrected chi connectivity index (χ1v) is 6.19. The molecule has 0 aromatic rings. The summed E-state index contributed by atoms with van der Waals surface area (Å²) in [6.45, 7) is 1.40. The maximum absolute atomic E-state index is 11.1. The van der Waals surface area contributed by atoms with Crippen molar-refractivity contribution < 1.29 is 23.1 Å². The Hall–Kier alpha value is -1.35. The van der Waals surface area contributed by atoms with Crippen molar-refractivity contribution in [3.05, 3.63) is 0 Å². The van der Waals surface area contributed by atoms with E-state index in [1.54, 1.807) is 0 Å². The highest BCUT2D eigenvalue weighted by Crippen LogP contribution is 1.89. The molecule has 0 saturated heterocycles. The Morgan fingerprint density at radius 1 is 1.44 bits per heavy atom. The summed E-state index contributed by atoms with van der Waals surface area (Å²) in [7, 11) is -3.60. The summed E-state index contributed by atoms with van der Waals surface area (Å²) >= 11 is 0. The molecule has 16 heavy (non-hydrogen) atoms. The van der Waals surface area contributed by atoms with E-state index in [1.807, 2.05) is 0 Å². The number of nitrogens with one attached hydrogen (secondary N) is 2. The van der Waals surface area contributed by atoms with Crippen LogP contribution < -0.4 is 15.8 Å². The lowest BCUT2D eigenvalue weighted by Crippen LogP contribution is -2.43. The van der Waals surface area contributed by atoms with E-state index in [4.69, 9.17) is 10.2 Å². The standard InChI is InChI=1S/C7H15N3O5S/c1-5(4-6(11)12)10-7(13)9-2-3-16(8,14)15/h5H,2-4H2,1H3,(H,11,12)(H2,8,14,15)(H2,9,10,13). The highest BCUT2D eigenvalue weighted by Gasteiger charge is 2.11. The van der Waals surface area contributed by atoms with Crippen LogP contribution in [0.25, 0.3) is 0 Å². The number of urea groups is 1. The van der Waals surface area contributed by atoms with Crippen LogP contribution in [-0.2, 0) is 14.8 Å². The molecule has 0 radical (unpaired) electrons. The second kappa shape index (κ2) is 6.28. The third kappa shape index (κ3) is 9.21. The van der Waals surface area contributed by atoms with Gasteiger partial charge < -0.3 is 15.7 Å². The number of carbonyl (C=O) groups is 2. The molecule has 0 spiro atoms. The highest BCUT2D eigenvalue weighted by molar-refractivity contribution is 7.89. The topological polar surface area (TPSA) is 139 Å². The van der Waals surface area contributed by atoms with Crippen molar-refractivity contribution in [2.45, 2.75) is 19.4 Å². The molecule has 5 N–H and O–H groups in total. The predicted octanol–water partition coefficient (Wildman–Crippen LogP) is -1.56. The molecular formula is C7H15N3O5S. The Labute approximate surface area is 93.2 Å². The third-order valence-electron chi connectivity index (χ3n) is 1.53. The van der Waals surface area contributed by atoms with E-state index in [2.05, 4.69) is 10.6 Å². The van der Waals surface area contributed by atoms with E-state index in [1.165, 1.54) is 6.92 Å². The summed E-state index contributed by atoms with van der Waals surface area (Å²) in [6, 6.07) is -1.16. The molecule has 94 valence electrons. The lowest BCUT2D eigenvalue weighted by molar-refractivity contribution is -0.137. The molecule has 0 aromatic heterocycles. The van der Waals surface area contributed by atoms with E-state index in [9.17, 15) is 18.0 Å². The number of rotatable bonds is 6. The second-order valence-corrected chi connectivity index (χ2v) is 5.00. The molecule has 0 aliphatic rings. The van der Waals surface area contributed by atoms with Crippen molar-refractivity contribution in [1.29, 1.82) is 0 Å². The first-order valence-electron chi connectivity index (χ1n) is 4.47. The number of carboxylic acids is 1. The van der Waals surface area contributed by atoms with Crippen LogP contribution in [-0.4, -0.2) is 43.9 Å². The number of nitrogens with two attached hydrogens (primary N) is 1. The van der Waals surface area contributed by atoms with Gasteiger partial charge in [0.1, 0.15) is 0 Å². The van der Waals surface area contributed by atoms with Gasteiger partial charge >= 0.3 is 12.0 Å². The van der Waals surface area contributed by atoms with E-state index >= 15 is 0 Å². The van der Waals surface area contributed by atoms with Gasteiger partial charge in [0.05, 0.1) is 12.2 Å². The van der Waals surface area contributed by atoms with Crippen molar-refractivity contribution in [2.75, 3.05) is 12.3 Å². The van der Waals surface area contributed by atoms with Gasteiger partial charge in [-0.3, -0.25) is 4.79 Å². The number of amides is 2. The molecule has 2 amide bonds. The second-order valence-electron chi connectivity index (χ2n) is 3.27. The average Bonchev–Trinajstić information content (AvgIpc) is 1.98. The van der Waals surface area contributed by atoms with Crippen LogP contribution in [0.5, 0.6) is 0 Å². The molecule has 0 heterocycles. The molecule has 1 unspecified atom stereocenters. The molecule has 1 atom stereocenters. The van der Waals surface area contributed by atoms with Crippen LogP contribution in [0.1, 0.15) is 13.3 Å². The van der Waals surface area contributed by atoms with Gasteiger partial charge in [-0.2, -0.15) is 0 Å². The van der Waals surface area contributed by atoms with Crippen LogP contribution in [0.15, 0.2) is 0 Å². The zero-order chi connectivity index (χ0) is 12.8. The number of hydrogen-bond acceptors (Lipinski definition) is 4. The van der Waals surface area contributed by atoms with E-state index < -0.39 is 28.1 Å². The minimum atomic E-state index is -3.60. The average molecular weight is 253 g/mol. The zero-order valence-electron chi connectivity index (χ0n) is 8.76. The van der Waals surface area contributed by atoms with Crippen LogP contribution >= 0.6 is 0 Å². The molecular weight excluding hydrogens is 238 g/mol. The van der Waals surface area contributed by atoms with Crippen molar-refractivity contribution in [3.8, 4) is 0 Å². The van der Waals surface area contributed by atoms with Crippen molar-refractivity contribution >= 4 is 22.0 Å². The Bertz CT molecular complexity index is 353. The number of sulfonamides is 1. The van der Waals surface area contributed by atoms with Crippen molar-refractivity contribution in [2.24, 2.45) is 5.14 Å². The van der Waals surface area contributed by atoms with Crippen LogP contribution in [0.3, 0.4) is 0 Å². The Morgan fingerprint density at radius 2 is 2.00 bits per heavy atom. The summed E-state index contributed by atoms with van der Waals surface area (Å²) < 4.78 is 21.0. The largest absolute Gasteiger partial charge is 0.481 e. The summed E-state index contributed by atoms with van der Waals surface area (Å²) in [4.78, 5) is 21.3. The molecule has 9 heteroatoms. The SMILES string of the molecule is CC(CC(=O)O)NC(=O)NCCS(N)(=O)=O. The molecule has 0 saturated carbocycles. The summed E-state index contributed by atoms with van der Waals surface area (Å²) in [5.41, 5.74) is 0. The summed E-state index contributed by atoms with van der Waals surface area (Å²) in [6.07, 6.45) is -0.206. The van der Waals surface area contributed by atoms with Gasteiger partial charge in [0.2, 0.25) is 10.0 Å². The van der Waals surface area contributed by atoms with Gasteiger partial charge in [-0.25, -0.2) is 18.4 Å². The smallest absolute Gasteiger partial charge is 0.315 e. The Balaban J connectivity index is 3.79. The Morgan fingerprint density at radius 3 is 2.44 bits per heavy atom. The van der Waals surface area contributed by atoms with Gasteiger partial charge in [0, 0.05) is 12.6 Å². The molecule has 0 aliphatic heterocycles. The zero-order valence-corrected chi connectivity index (χ0v) is 9.58. The first-order chi connectivity index (χ1) is 7.20. The molecule has 0 aliphatic carbocycles. The van der Waals surface area contributed by atoms with Gasteiger partial charge in [0.25, 0.3) is 0 Å². The fourth-order valence-corrected chi connectivity index (χ4v) is 1.28. The normalized spacial score (nSPS) is 12.9. The first kappa shape index (κ1) is 14.6. The third-order valence-corrected chi connectivity index (χ3v) is 2.30. The van der Waals surface area contributed by atoms with E-state index in [0.29, 0.717) is 0 Å². The van der Waals surface area contributed by atoms with Crippen LogP contribution in [0.2, 0.25) is 0 Å². The van der Waals surface area contributed by atoms with Crippen molar-refractivity contribution in [1.82, 2.24) is 10.6 Å². The fraction of sp³-hybridized carbons (Fsp3) is 0.714. The number of aliphatic carboxylic acids is 1. The summed E-state index contributed by atoms with van der Waals surface area (Å²) in [5.74, 6) is -1.40. The lowest BCUT2D eigenvalue weighted by atomic mass is 10.2. The molecule has 0 rings (SSSR count). The fourth-order valence-electron chi connectivity index (χ4n) is 0.895. The van der Waals surface area contributed by atoms with E-state index in [0.717, 1.165) is 0 Å². The monoisotopic (exact) mass is 253 g/mol. The summed E-state index contributed by atoms with van der Waals surface area (Å²) in [5, 5.41) is 17.7.